The van der Waals surface area contributed by atoms with Gasteiger partial charge in [0.1, 0.15) is 6.04 Å². The van der Waals surface area contributed by atoms with Gasteiger partial charge in [0.2, 0.25) is 11.8 Å². The molecule has 3 aliphatic rings. The molecular weight excluding hydrogens is 380 g/mol. The molecule has 1 aromatic carbocycles. The summed E-state index contributed by atoms with van der Waals surface area (Å²) >= 11 is 0. The van der Waals surface area contributed by atoms with E-state index >= 15 is 0 Å². The molecule has 3 amide bonds. The summed E-state index contributed by atoms with van der Waals surface area (Å²) in [6.07, 6.45) is 7.17. The zero-order valence-corrected chi connectivity index (χ0v) is 17.7. The molecule has 1 aliphatic carbocycles. The van der Waals surface area contributed by atoms with Gasteiger partial charge < -0.3 is 15.5 Å². The maximum absolute atomic E-state index is 13.2. The lowest BCUT2D eigenvalue weighted by molar-refractivity contribution is -0.136. The van der Waals surface area contributed by atoms with Crippen molar-refractivity contribution in [3.05, 3.63) is 29.3 Å². The first-order valence-corrected chi connectivity index (χ1v) is 11.3. The number of fused-ring (bicyclic) bond motifs is 1. The Morgan fingerprint density at radius 1 is 1.17 bits per heavy atom. The third-order valence-electron chi connectivity index (χ3n) is 6.76. The summed E-state index contributed by atoms with van der Waals surface area (Å²) in [7, 11) is 0. The van der Waals surface area contributed by atoms with Crippen LogP contribution >= 0.6 is 0 Å². The summed E-state index contributed by atoms with van der Waals surface area (Å²) < 4.78 is 0. The van der Waals surface area contributed by atoms with E-state index in [1.54, 1.807) is 4.90 Å². The maximum Gasteiger partial charge on any atom is 0.255 e. The van der Waals surface area contributed by atoms with Gasteiger partial charge in [0.15, 0.2) is 0 Å². The molecule has 0 spiro atoms. The highest BCUT2D eigenvalue weighted by Gasteiger charge is 2.41. The van der Waals surface area contributed by atoms with E-state index in [1.165, 1.54) is 6.42 Å². The molecule has 2 heterocycles. The number of amides is 3. The molecule has 4 rings (SSSR count). The Labute approximate surface area is 178 Å². The molecule has 0 bridgehead atoms. The highest BCUT2D eigenvalue weighted by molar-refractivity contribution is 6.06. The number of nitrogens with zero attached hydrogens (tertiary/aromatic N) is 2. The van der Waals surface area contributed by atoms with E-state index in [1.807, 2.05) is 12.1 Å². The van der Waals surface area contributed by atoms with Crippen molar-refractivity contribution in [2.24, 2.45) is 5.73 Å². The van der Waals surface area contributed by atoms with Gasteiger partial charge in [-0.25, -0.2) is 0 Å². The van der Waals surface area contributed by atoms with Crippen molar-refractivity contribution in [3.8, 4) is 0 Å². The Morgan fingerprint density at radius 3 is 2.70 bits per heavy atom. The van der Waals surface area contributed by atoms with Crippen LogP contribution in [0.25, 0.3) is 0 Å². The number of anilines is 1. The number of nitrogens with two attached hydrogens (primary N) is 1. The van der Waals surface area contributed by atoms with Crippen LogP contribution in [0.4, 0.5) is 5.69 Å². The smallest absolute Gasteiger partial charge is 0.255 e. The zero-order valence-electron chi connectivity index (χ0n) is 17.7. The van der Waals surface area contributed by atoms with Gasteiger partial charge in [-0.05, 0) is 44.2 Å². The van der Waals surface area contributed by atoms with Crippen molar-refractivity contribution < 1.29 is 14.4 Å². The molecule has 0 aromatic heterocycles. The summed E-state index contributed by atoms with van der Waals surface area (Å²) in [5.41, 5.74) is 9.00. The monoisotopic (exact) mass is 412 g/mol. The van der Waals surface area contributed by atoms with E-state index in [4.69, 9.17) is 5.73 Å². The van der Waals surface area contributed by atoms with Crippen molar-refractivity contribution in [3.63, 3.8) is 0 Å². The lowest BCUT2D eigenvalue weighted by atomic mass is 10.0. The van der Waals surface area contributed by atoms with Gasteiger partial charge in [-0.1, -0.05) is 25.8 Å². The van der Waals surface area contributed by atoms with Gasteiger partial charge in [-0.3, -0.25) is 19.7 Å². The van der Waals surface area contributed by atoms with Crippen molar-refractivity contribution in [1.29, 1.82) is 0 Å². The zero-order chi connectivity index (χ0) is 21.3. The molecule has 1 saturated heterocycles. The molecule has 162 valence electrons. The van der Waals surface area contributed by atoms with Crippen LogP contribution in [0, 0.1) is 0 Å². The first-order valence-electron chi connectivity index (χ1n) is 11.3. The van der Waals surface area contributed by atoms with Crippen LogP contribution in [0.3, 0.4) is 0 Å². The van der Waals surface area contributed by atoms with Gasteiger partial charge in [0.25, 0.3) is 5.91 Å². The van der Waals surface area contributed by atoms with E-state index in [0.29, 0.717) is 24.6 Å². The Bertz CT molecular complexity index is 840. The molecule has 30 heavy (non-hydrogen) atoms. The number of carbonyl (C=O) groups excluding carboxylic acids is 3. The molecular formula is C23H32N4O3. The number of nitrogens with one attached hydrogen (secondary N) is 1. The normalized spacial score (nSPS) is 26.1. The van der Waals surface area contributed by atoms with Crippen molar-refractivity contribution in [2.75, 3.05) is 11.4 Å². The molecule has 0 radical (unpaired) electrons. The predicted octanol–water partition coefficient (Wildman–Crippen LogP) is 2.32. The van der Waals surface area contributed by atoms with Crippen LogP contribution < -0.4 is 16.0 Å². The van der Waals surface area contributed by atoms with Crippen molar-refractivity contribution in [1.82, 2.24) is 10.2 Å². The number of benzene rings is 1. The molecule has 3 N–H and O–H groups in total. The number of hydrogen-bond acceptors (Lipinski definition) is 5. The molecule has 7 nitrogen and oxygen atoms in total. The maximum atomic E-state index is 13.2. The van der Waals surface area contributed by atoms with Crippen LogP contribution in [0.2, 0.25) is 0 Å². The molecule has 1 saturated carbocycles. The quantitative estimate of drug-likeness (QED) is 0.529. The molecule has 2 aliphatic heterocycles. The third kappa shape index (κ3) is 3.95. The summed E-state index contributed by atoms with van der Waals surface area (Å²) in [4.78, 5) is 41.2. The number of rotatable bonds is 7. The molecule has 1 aromatic rings. The SMILES string of the molecule is CCCCCN(c1cccc2c1CN(C1CCC(=O)NC1=O)C2=O)[C@@H]1CC[C@@H](N)C1. The third-order valence-corrected chi connectivity index (χ3v) is 6.76. The Hall–Kier alpha value is -2.41. The van der Waals surface area contributed by atoms with Gasteiger partial charge >= 0.3 is 0 Å². The van der Waals surface area contributed by atoms with Crippen molar-refractivity contribution in [2.45, 2.75) is 83.0 Å². The van der Waals surface area contributed by atoms with E-state index in [2.05, 4.69) is 23.2 Å². The fraction of sp³-hybridized carbons (Fsp3) is 0.609. The summed E-state index contributed by atoms with van der Waals surface area (Å²) in [5, 5.41) is 2.38. The molecule has 7 heteroatoms. The standard InChI is InChI=1S/C23H32N4O3/c1-2-3-4-12-26(16-9-8-15(24)13-16)19-7-5-6-17-18(19)14-27(23(17)30)20-10-11-21(28)25-22(20)29/h5-7,15-16,20H,2-4,8-14,24H2,1H3,(H,25,28,29)/t15-,16-,20?/m1/s1. The van der Waals surface area contributed by atoms with Crippen LogP contribution in [-0.2, 0) is 16.1 Å². The minimum atomic E-state index is -0.580. The van der Waals surface area contributed by atoms with Gasteiger partial charge in [0.05, 0.1) is 0 Å². The second kappa shape index (κ2) is 8.76. The number of carbonyl (C=O) groups is 3. The average molecular weight is 413 g/mol. The number of unbranched alkanes of at least 4 members (excludes halogenated alkanes) is 2. The number of piperidine rings is 1. The molecule has 1 unspecified atom stereocenters. The van der Waals surface area contributed by atoms with Crippen molar-refractivity contribution >= 4 is 23.4 Å². The van der Waals surface area contributed by atoms with Crippen LogP contribution in [-0.4, -0.2) is 47.3 Å². The van der Waals surface area contributed by atoms with Gasteiger partial charge in [-0.15, -0.1) is 0 Å². The minimum Gasteiger partial charge on any atom is -0.368 e. The Morgan fingerprint density at radius 2 is 2.00 bits per heavy atom. The second-order valence-electron chi connectivity index (χ2n) is 8.83. The van der Waals surface area contributed by atoms with Crippen LogP contribution in [0.1, 0.15) is 74.2 Å². The lowest BCUT2D eigenvalue weighted by Gasteiger charge is -2.33. The average Bonchev–Trinajstić information content (AvgIpc) is 3.29. The lowest BCUT2D eigenvalue weighted by Crippen LogP contribution is -2.52. The second-order valence-corrected chi connectivity index (χ2v) is 8.83. The number of imide groups is 1. The first-order chi connectivity index (χ1) is 14.5. The topological polar surface area (TPSA) is 95.7 Å². The Kier molecular flexibility index (Phi) is 6.09. The largest absolute Gasteiger partial charge is 0.368 e. The van der Waals surface area contributed by atoms with E-state index in [9.17, 15) is 14.4 Å². The fourth-order valence-corrected chi connectivity index (χ4v) is 5.14. The highest BCUT2D eigenvalue weighted by Crippen LogP contribution is 2.37. The summed E-state index contributed by atoms with van der Waals surface area (Å²) in [5.74, 6) is -0.741. The number of hydrogen-bond donors (Lipinski definition) is 2. The summed E-state index contributed by atoms with van der Waals surface area (Å²) in [6, 6.07) is 5.96. The van der Waals surface area contributed by atoms with E-state index < -0.39 is 6.04 Å². The Balaban J connectivity index is 1.61. The van der Waals surface area contributed by atoms with Crippen LogP contribution in [0.5, 0.6) is 0 Å². The van der Waals surface area contributed by atoms with Gasteiger partial charge in [0, 0.05) is 48.4 Å². The fourth-order valence-electron chi connectivity index (χ4n) is 5.14. The predicted molar refractivity (Wildman–Crippen MR) is 115 cm³/mol. The minimum absolute atomic E-state index is 0.113. The molecule has 2 fully saturated rings. The van der Waals surface area contributed by atoms with Crippen LogP contribution in [0.15, 0.2) is 18.2 Å². The molecule has 3 atom stereocenters. The first kappa shape index (κ1) is 20.8. The summed E-state index contributed by atoms with van der Waals surface area (Å²) in [6.45, 7) is 3.57. The van der Waals surface area contributed by atoms with Gasteiger partial charge in [-0.2, -0.15) is 0 Å². The van der Waals surface area contributed by atoms with E-state index in [-0.39, 0.29) is 30.2 Å². The highest BCUT2D eigenvalue weighted by atomic mass is 16.2. The van der Waals surface area contributed by atoms with E-state index in [0.717, 1.165) is 49.9 Å².